The molecule has 0 fully saturated rings. The van der Waals surface area contributed by atoms with Crippen LogP contribution >= 0.6 is 15.9 Å². The maximum atomic E-state index is 13.7. The van der Waals surface area contributed by atoms with Gasteiger partial charge in [-0.3, -0.25) is 0 Å². The number of rotatable bonds is 1. The lowest BCUT2D eigenvalue weighted by Crippen LogP contribution is -2.03. The summed E-state index contributed by atoms with van der Waals surface area (Å²) in [6.45, 7) is 0. The number of fused-ring (bicyclic) bond motifs is 1. The van der Waals surface area contributed by atoms with Crippen LogP contribution in [0, 0.1) is 5.82 Å². The van der Waals surface area contributed by atoms with Crippen LogP contribution in [0.3, 0.4) is 0 Å². The molecule has 0 aliphatic carbocycles. The number of nitrogens with zero attached hydrogens (tertiary/aromatic N) is 1. The molecule has 19 heavy (non-hydrogen) atoms. The Labute approximate surface area is 115 Å². The molecule has 0 unspecified atom stereocenters. The van der Waals surface area contributed by atoms with Crippen molar-refractivity contribution >= 4 is 26.8 Å². The van der Waals surface area contributed by atoms with Crippen molar-refractivity contribution in [3.05, 3.63) is 63.2 Å². The molecule has 0 atom stereocenters. The second kappa shape index (κ2) is 4.59. The molecule has 3 nitrogen and oxygen atoms in total. The van der Waals surface area contributed by atoms with Crippen LogP contribution in [0.4, 0.5) is 4.39 Å². The van der Waals surface area contributed by atoms with E-state index in [9.17, 15) is 9.18 Å². The van der Waals surface area contributed by atoms with Gasteiger partial charge in [-0.2, -0.15) is 0 Å². The summed E-state index contributed by atoms with van der Waals surface area (Å²) in [6, 6.07) is 11.1. The quantitative estimate of drug-likeness (QED) is 0.686. The third-order valence-corrected chi connectivity index (χ3v) is 3.19. The minimum Gasteiger partial charge on any atom is -0.403 e. The van der Waals surface area contributed by atoms with E-state index in [0.29, 0.717) is 10.9 Å². The minimum absolute atomic E-state index is 0.0158. The SMILES string of the molecule is O=c1oc(-c2ccccc2F)nc2ccc(Br)cc12. The average Bonchev–Trinajstić information content (AvgIpc) is 2.40. The summed E-state index contributed by atoms with van der Waals surface area (Å²) in [5, 5.41) is 0.356. The Hall–Kier alpha value is -2.01. The van der Waals surface area contributed by atoms with Crippen molar-refractivity contribution < 1.29 is 8.81 Å². The average molecular weight is 320 g/mol. The summed E-state index contributed by atoms with van der Waals surface area (Å²) in [7, 11) is 0. The molecule has 1 aromatic heterocycles. The molecule has 1 heterocycles. The third kappa shape index (κ3) is 2.17. The van der Waals surface area contributed by atoms with E-state index in [1.807, 2.05) is 0 Å². The maximum absolute atomic E-state index is 13.7. The van der Waals surface area contributed by atoms with E-state index in [0.717, 1.165) is 4.47 Å². The van der Waals surface area contributed by atoms with Gasteiger partial charge in [0.1, 0.15) is 5.82 Å². The van der Waals surface area contributed by atoms with Gasteiger partial charge in [-0.05, 0) is 30.3 Å². The Kier molecular flexibility index (Phi) is 2.91. The van der Waals surface area contributed by atoms with Gasteiger partial charge in [0, 0.05) is 4.47 Å². The predicted molar refractivity (Wildman–Crippen MR) is 73.4 cm³/mol. The van der Waals surface area contributed by atoms with Crippen molar-refractivity contribution in [1.82, 2.24) is 4.98 Å². The fourth-order valence-corrected chi connectivity index (χ4v) is 2.16. The fraction of sp³-hybridized carbons (Fsp3) is 0. The molecule has 0 aliphatic heterocycles. The zero-order chi connectivity index (χ0) is 13.4. The molecule has 0 aliphatic rings. The highest BCUT2D eigenvalue weighted by atomic mass is 79.9. The largest absolute Gasteiger partial charge is 0.403 e. The first-order chi connectivity index (χ1) is 9.15. The molecule has 0 amide bonds. The zero-order valence-corrected chi connectivity index (χ0v) is 11.1. The van der Waals surface area contributed by atoms with Crippen molar-refractivity contribution in [2.75, 3.05) is 0 Å². The van der Waals surface area contributed by atoms with Crippen LogP contribution in [0.2, 0.25) is 0 Å². The first kappa shape index (κ1) is 12.0. The van der Waals surface area contributed by atoms with E-state index < -0.39 is 11.4 Å². The Morgan fingerprint density at radius 2 is 1.95 bits per heavy atom. The van der Waals surface area contributed by atoms with Crippen LogP contribution in [0.5, 0.6) is 0 Å². The van der Waals surface area contributed by atoms with Crippen molar-refractivity contribution in [1.29, 1.82) is 0 Å². The fourth-order valence-electron chi connectivity index (χ4n) is 1.79. The molecule has 0 bridgehead atoms. The van der Waals surface area contributed by atoms with E-state index in [1.165, 1.54) is 12.1 Å². The highest BCUT2D eigenvalue weighted by Crippen LogP contribution is 2.22. The highest BCUT2D eigenvalue weighted by molar-refractivity contribution is 9.10. The minimum atomic E-state index is -0.537. The van der Waals surface area contributed by atoms with Gasteiger partial charge < -0.3 is 4.42 Å². The molecule has 0 spiro atoms. The van der Waals surface area contributed by atoms with Gasteiger partial charge in [0.15, 0.2) is 0 Å². The number of halogens is 2. The van der Waals surface area contributed by atoms with E-state index in [4.69, 9.17) is 4.42 Å². The van der Waals surface area contributed by atoms with Gasteiger partial charge >= 0.3 is 5.63 Å². The summed E-state index contributed by atoms with van der Waals surface area (Å²) in [4.78, 5) is 16.1. The number of benzene rings is 2. The lowest BCUT2D eigenvalue weighted by molar-refractivity contribution is 0.511. The van der Waals surface area contributed by atoms with Crippen LogP contribution in [0.1, 0.15) is 0 Å². The number of hydrogen-bond donors (Lipinski definition) is 0. The van der Waals surface area contributed by atoms with Crippen LogP contribution in [-0.4, -0.2) is 4.98 Å². The molecule has 2 aromatic carbocycles. The normalized spacial score (nSPS) is 10.8. The molecular formula is C14H7BrFNO2. The molecule has 0 saturated carbocycles. The molecule has 0 N–H and O–H groups in total. The standard InChI is InChI=1S/C14H7BrFNO2/c15-8-5-6-12-10(7-8)14(18)19-13(17-12)9-3-1-2-4-11(9)16/h1-7H. The molecule has 0 saturated heterocycles. The molecule has 94 valence electrons. The molecule has 3 aromatic rings. The first-order valence-electron chi connectivity index (χ1n) is 5.50. The third-order valence-electron chi connectivity index (χ3n) is 2.69. The predicted octanol–water partition coefficient (Wildman–Crippen LogP) is 3.76. The van der Waals surface area contributed by atoms with E-state index in [1.54, 1.807) is 30.3 Å². The summed E-state index contributed by atoms with van der Waals surface area (Å²) in [5.41, 5.74) is 0.103. The first-order valence-corrected chi connectivity index (χ1v) is 6.30. The van der Waals surface area contributed by atoms with Crippen molar-refractivity contribution in [3.8, 4) is 11.5 Å². The van der Waals surface area contributed by atoms with Gasteiger partial charge in [-0.1, -0.05) is 28.1 Å². The van der Waals surface area contributed by atoms with Gasteiger partial charge in [0.05, 0.1) is 16.5 Å². The Balaban J connectivity index is 2.31. The molecule has 3 rings (SSSR count). The van der Waals surface area contributed by atoms with E-state index in [2.05, 4.69) is 20.9 Å². The second-order valence-corrected chi connectivity index (χ2v) is 4.86. The Morgan fingerprint density at radius 3 is 2.74 bits per heavy atom. The molecular weight excluding hydrogens is 313 g/mol. The summed E-state index contributed by atoms with van der Waals surface area (Å²) < 4.78 is 19.5. The topological polar surface area (TPSA) is 43.1 Å². The van der Waals surface area contributed by atoms with E-state index >= 15 is 0 Å². The summed E-state index contributed by atoms with van der Waals surface area (Å²) in [6.07, 6.45) is 0. The zero-order valence-electron chi connectivity index (χ0n) is 9.56. The highest BCUT2D eigenvalue weighted by Gasteiger charge is 2.12. The van der Waals surface area contributed by atoms with Gasteiger partial charge in [-0.15, -0.1) is 0 Å². The molecule has 0 radical (unpaired) electrons. The van der Waals surface area contributed by atoms with Crippen LogP contribution in [-0.2, 0) is 0 Å². The molecule has 5 heteroatoms. The van der Waals surface area contributed by atoms with Gasteiger partial charge in [0.25, 0.3) is 0 Å². The van der Waals surface area contributed by atoms with Crippen LogP contribution in [0.25, 0.3) is 22.4 Å². The van der Waals surface area contributed by atoms with Crippen molar-refractivity contribution in [2.24, 2.45) is 0 Å². The monoisotopic (exact) mass is 319 g/mol. The van der Waals surface area contributed by atoms with Gasteiger partial charge in [0.2, 0.25) is 5.89 Å². The maximum Gasteiger partial charge on any atom is 0.347 e. The smallest absolute Gasteiger partial charge is 0.347 e. The van der Waals surface area contributed by atoms with Crippen molar-refractivity contribution in [2.45, 2.75) is 0 Å². The number of hydrogen-bond acceptors (Lipinski definition) is 3. The second-order valence-electron chi connectivity index (χ2n) is 3.95. The summed E-state index contributed by atoms with van der Waals surface area (Å²) >= 11 is 3.27. The lowest BCUT2D eigenvalue weighted by Gasteiger charge is -2.02. The summed E-state index contributed by atoms with van der Waals surface area (Å²) in [5.74, 6) is -0.493. The number of aromatic nitrogens is 1. The van der Waals surface area contributed by atoms with Crippen LogP contribution < -0.4 is 5.63 Å². The van der Waals surface area contributed by atoms with Crippen molar-refractivity contribution in [3.63, 3.8) is 0 Å². The lowest BCUT2D eigenvalue weighted by atomic mass is 10.2. The Morgan fingerprint density at radius 1 is 1.16 bits per heavy atom. The Bertz CT molecular complexity index is 829. The van der Waals surface area contributed by atoms with Gasteiger partial charge in [-0.25, -0.2) is 14.2 Å². The van der Waals surface area contributed by atoms with Crippen LogP contribution in [0.15, 0.2) is 56.1 Å². The van der Waals surface area contributed by atoms with E-state index in [-0.39, 0.29) is 11.5 Å².